The van der Waals surface area contributed by atoms with Gasteiger partial charge < -0.3 is 10.6 Å². The second kappa shape index (κ2) is 4.53. The molecule has 0 unspecified atom stereocenters. The van der Waals surface area contributed by atoms with Crippen molar-refractivity contribution < 1.29 is 0 Å². The summed E-state index contributed by atoms with van der Waals surface area (Å²) in [7, 11) is 0. The van der Waals surface area contributed by atoms with Crippen LogP contribution in [0.2, 0.25) is 0 Å². The van der Waals surface area contributed by atoms with Crippen LogP contribution in [0.15, 0.2) is 18.3 Å². The number of rotatable bonds is 1. The minimum absolute atomic E-state index is 0.391. The molecule has 0 aromatic carbocycles. The zero-order chi connectivity index (χ0) is 11.6. The Labute approximate surface area is 101 Å². The van der Waals surface area contributed by atoms with Crippen LogP contribution >= 0.6 is 11.8 Å². The molecule has 2 heterocycles. The average molecular weight is 237 g/mol. The normalized spacial score (nSPS) is 20.5. The van der Waals surface area contributed by atoms with E-state index in [-0.39, 0.29) is 0 Å². The molecule has 1 aromatic heterocycles. The number of hydrogen-bond acceptors (Lipinski definition) is 4. The summed E-state index contributed by atoms with van der Waals surface area (Å²) in [5.41, 5.74) is 6.37. The van der Waals surface area contributed by atoms with E-state index in [2.05, 4.69) is 23.7 Å². The highest BCUT2D eigenvalue weighted by Crippen LogP contribution is 2.31. The van der Waals surface area contributed by atoms with Crippen molar-refractivity contribution in [1.29, 1.82) is 0 Å². The smallest absolute Gasteiger partial charge is 0.128 e. The van der Waals surface area contributed by atoms with E-state index in [0.717, 1.165) is 24.6 Å². The molecule has 1 saturated heterocycles. The third kappa shape index (κ3) is 2.82. The fourth-order valence-electron chi connectivity index (χ4n) is 1.83. The Morgan fingerprint density at radius 3 is 2.88 bits per heavy atom. The Balaban J connectivity index is 2.08. The van der Waals surface area contributed by atoms with Crippen molar-refractivity contribution in [3.05, 3.63) is 18.3 Å². The molecule has 16 heavy (non-hydrogen) atoms. The summed E-state index contributed by atoms with van der Waals surface area (Å²) in [6.45, 7) is 6.79. The van der Waals surface area contributed by atoms with Gasteiger partial charge in [-0.05, 0) is 18.6 Å². The number of nitrogens with two attached hydrogens (primary N) is 1. The largest absolute Gasteiger partial charge is 0.397 e. The Hall–Kier alpha value is -0.900. The predicted octanol–water partition coefficient (Wildman–Crippen LogP) is 2.39. The second-order valence-electron chi connectivity index (χ2n) is 4.79. The maximum Gasteiger partial charge on any atom is 0.128 e. The van der Waals surface area contributed by atoms with Gasteiger partial charge in [0.15, 0.2) is 0 Å². The molecule has 0 atom stereocenters. The molecule has 4 heteroatoms. The van der Waals surface area contributed by atoms with Gasteiger partial charge in [0.2, 0.25) is 0 Å². The Bertz CT molecular complexity index is 348. The SMILES string of the molecule is CC1(C)CCN(c2ccc(N)cn2)CCS1. The van der Waals surface area contributed by atoms with Gasteiger partial charge in [0.25, 0.3) is 0 Å². The van der Waals surface area contributed by atoms with Gasteiger partial charge in [0.1, 0.15) is 5.82 Å². The highest BCUT2D eigenvalue weighted by atomic mass is 32.2. The summed E-state index contributed by atoms with van der Waals surface area (Å²) in [5.74, 6) is 2.21. The third-order valence-electron chi connectivity index (χ3n) is 2.93. The Morgan fingerprint density at radius 1 is 1.38 bits per heavy atom. The van der Waals surface area contributed by atoms with Crippen LogP contribution in [0.4, 0.5) is 11.5 Å². The van der Waals surface area contributed by atoms with Crippen LogP contribution in [0.5, 0.6) is 0 Å². The zero-order valence-corrected chi connectivity index (χ0v) is 10.8. The number of hydrogen-bond donors (Lipinski definition) is 1. The van der Waals surface area contributed by atoms with E-state index in [0.29, 0.717) is 4.75 Å². The lowest BCUT2D eigenvalue weighted by molar-refractivity contribution is 0.635. The molecule has 1 fully saturated rings. The van der Waals surface area contributed by atoms with E-state index in [9.17, 15) is 0 Å². The first kappa shape index (κ1) is 11.6. The number of anilines is 2. The first-order valence-corrected chi connectivity index (χ1v) is 6.66. The molecule has 0 saturated carbocycles. The molecule has 0 bridgehead atoms. The Kier molecular flexibility index (Phi) is 3.28. The maximum atomic E-state index is 5.65. The second-order valence-corrected chi connectivity index (χ2v) is 6.60. The van der Waals surface area contributed by atoms with Gasteiger partial charge in [-0.1, -0.05) is 13.8 Å². The number of nitrogen functional groups attached to an aromatic ring is 1. The molecule has 0 amide bonds. The summed E-state index contributed by atoms with van der Waals surface area (Å²) in [4.78, 5) is 6.73. The molecule has 3 nitrogen and oxygen atoms in total. The molecule has 1 aliphatic heterocycles. The minimum atomic E-state index is 0.391. The molecular weight excluding hydrogens is 218 g/mol. The van der Waals surface area contributed by atoms with E-state index in [1.807, 2.05) is 23.9 Å². The molecule has 0 spiro atoms. The fourth-order valence-corrected chi connectivity index (χ4v) is 2.93. The van der Waals surface area contributed by atoms with Crippen LogP contribution in [0.3, 0.4) is 0 Å². The number of pyridine rings is 1. The molecule has 2 N–H and O–H groups in total. The van der Waals surface area contributed by atoms with Crippen molar-refractivity contribution in [2.75, 3.05) is 29.5 Å². The van der Waals surface area contributed by atoms with E-state index in [1.165, 1.54) is 12.2 Å². The summed E-state index contributed by atoms with van der Waals surface area (Å²) >= 11 is 2.05. The topological polar surface area (TPSA) is 42.1 Å². The maximum absolute atomic E-state index is 5.65. The van der Waals surface area contributed by atoms with E-state index in [1.54, 1.807) is 6.20 Å². The van der Waals surface area contributed by atoms with Gasteiger partial charge in [-0.25, -0.2) is 4.98 Å². The van der Waals surface area contributed by atoms with Gasteiger partial charge in [0, 0.05) is 23.6 Å². The van der Waals surface area contributed by atoms with E-state index in [4.69, 9.17) is 5.73 Å². The highest BCUT2D eigenvalue weighted by Gasteiger charge is 2.23. The summed E-state index contributed by atoms with van der Waals surface area (Å²) < 4.78 is 0.391. The van der Waals surface area contributed by atoms with Crippen LogP contribution in [0.25, 0.3) is 0 Å². The molecule has 0 radical (unpaired) electrons. The third-order valence-corrected chi connectivity index (χ3v) is 4.30. The highest BCUT2D eigenvalue weighted by molar-refractivity contribution is 8.00. The first-order valence-electron chi connectivity index (χ1n) is 5.67. The zero-order valence-electron chi connectivity index (χ0n) is 9.94. The van der Waals surface area contributed by atoms with E-state index >= 15 is 0 Å². The molecule has 88 valence electrons. The molecule has 0 aliphatic carbocycles. The number of aromatic nitrogens is 1. The molecular formula is C12H19N3S. The first-order chi connectivity index (χ1) is 7.57. The fraction of sp³-hybridized carbons (Fsp3) is 0.583. The van der Waals surface area contributed by atoms with Crippen molar-refractivity contribution >= 4 is 23.3 Å². The van der Waals surface area contributed by atoms with Crippen LogP contribution in [0, 0.1) is 0 Å². The van der Waals surface area contributed by atoms with Crippen molar-refractivity contribution in [2.24, 2.45) is 0 Å². The minimum Gasteiger partial charge on any atom is -0.397 e. The quantitative estimate of drug-likeness (QED) is 0.814. The van der Waals surface area contributed by atoms with Crippen molar-refractivity contribution in [1.82, 2.24) is 4.98 Å². The summed E-state index contributed by atoms with van der Waals surface area (Å²) in [6.07, 6.45) is 2.93. The molecule has 1 aromatic rings. The van der Waals surface area contributed by atoms with Crippen LogP contribution in [0.1, 0.15) is 20.3 Å². The van der Waals surface area contributed by atoms with Crippen LogP contribution < -0.4 is 10.6 Å². The average Bonchev–Trinajstić information content (AvgIpc) is 2.41. The lowest BCUT2D eigenvalue weighted by Crippen LogP contribution is -2.27. The summed E-state index contributed by atoms with van der Waals surface area (Å²) in [5, 5.41) is 0. The van der Waals surface area contributed by atoms with Gasteiger partial charge in [0.05, 0.1) is 11.9 Å². The van der Waals surface area contributed by atoms with Crippen molar-refractivity contribution in [2.45, 2.75) is 25.0 Å². The molecule has 1 aliphatic rings. The standard InChI is InChI=1S/C12H19N3S/c1-12(2)5-6-15(7-8-16-12)11-4-3-10(13)9-14-11/h3-4,9H,5-8,13H2,1-2H3. The number of thioether (sulfide) groups is 1. The number of nitrogens with zero attached hydrogens (tertiary/aromatic N) is 2. The van der Waals surface area contributed by atoms with Crippen LogP contribution in [-0.4, -0.2) is 28.6 Å². The van der Waals surface area contributed by atoms with Gasteiger partial charge in [-0.2, -0.15) is 11.8 Å². The van der Waals surface area contributed by atoms with Crippen LogP contribution in [-0.2, 0) is 0 Å². The summed E-state index contributed by atoms with van der Waals surface area (Å²) in [6, 6.07) is 3.93. The van der Waals surface area contributed by atoms with Gasteiger partial charge in [-0.3, -0.25) is 0 Å². The van der Waals surface area contributed by atoms with Crippen molar-refractivity contribution in [3.63, 3.8) is 0 Å². The van der Waals surface area contributed by atoms with Gasteiger partial charge in [-0.15, -0.1) is 0 Å². The Morgan fingerprint density at radius 2 is 2.19 bits per heavy atom. The lowest BCUT2D eigenvalue weighted by atomic mass is 10.1. The van der Waals surface area contributed by atoms with Crippen molar-refractivity contribution in [3.8, 4) is 0 Å². The molecule has 2 rings (SSSR count). The monoisotopic (exact) mass is 237 g/mol. The lowest BCUT2D eigenvalue weighted by Gasteiger charge is -2.23. The predicted molar refractivity (Wildman–Crippen MR) is 72.0 cm³/mol. The van der Waals surface area contributed by atoms with E-state index < -0.39 is 0 Å². The van der Waals surface area contributed by atoms with Gasteiger partial charge >= 0.3 is 0 Å².